The molecule has 1 aromatic rings. The first-order chi connectivity index (χ1) is 9.20. The summed E-state index contributed by atoms with van der Waals surface area (Å²) in [6.07, 6.45) is 1.89. The molecule has 2 rings (SSSR count). The van der Waals surface area contributed by atoms with Gasteiger partial charge in [0.25, 0.3) is 0 Å². The average molecular weight is 267 g/mol. The normalized spacial score (nSPS) is 18.3. The molecule has 0 bridgehead atoms. The van der Waals surface area contributed by atoms with Gasteiger partial charge < -0.3 is 14.8 Å². The second-order valence-corrected chi connectivity index (χ2v) is 4.89. The van der Waals surface area contributed by atoms with Gasteiger partial charge >= 0.3 is 0 Å². The lowest BCUT2D eigenvalue weighted by Gasteiger charge is -2.23. The highest BCUT2D eigenvalue weighted by atomic mass is 19.1. The predicted molar refractivity (Wildman–Crippen MR) is 73.0 cm³/mol. The van der Waals surface area contributed by atoms with Gasteiger partial charge in [-0.15, -0.1) is 0 Å². The first-order valence-electron chi connectivity index (χ1n) is 6.98. The van der Waals surface area contributed by atoms with Crippen LogP contribution in [0.4, 0.5) is 4.39 Å². The highest BCUT2D eigenvalue weighted by Gasteiger charge is 2.16. The number of benzene rings is 1. The van der Waals surface area contributed by atoms with Gasteiger partial charge in [0.15, 0.2) is 0 Å². The number of halogens is 1. The summed E-state index contributed by atoms with van der Waals surface area (Å²) in [5.74, 6) is 0.398. The van der Waals surface area contributed by atoms with E-state index in [4.69, 9.17) is 9.47 Å². The van der Waals surface area contributed by atoms with Gasteiger partial charge in [-0.3, -0.25) is 0 Å². The molecule has 1 aromatic carbocycles. The average Bonchev–Trinajstić information content (AvgIpc) is 2.40. The molecule has 3 nitrogen and oxygen atoms in total. The van der Waals surface area contributed by atoms with E-state index >= 15 is 0 Å². The van der Waals surface area contributed by atoms with Crippen LogP contribution in [0.25, 0.3) is 0 Å². The van der Waals surface area contributed by atoms with Gasteiger partial charge in [0.2, 0.25) is 0 Å². The molecule has 1 atom stereocenters. The quantitative estimate of drug-likeness (QED) is 0.889. The molecule has 1 aliphatic heterocycles. The van der Waals surface area contributed by atoms with Gasteiger partial charge in [0, 0.05) is 30.5 Å². The zero-order chi connectivity index (χ0) is 13.7. The van der Waals surface area contributed by atoms with Crippen LogP contribution in [0.3, 0.4) is 0 Å². The van der Waals surface area contributed by atoms with Crippen molar-refractivity contribution >= 4 is 0 Å². The fraction of sp³-hybridized carbons (Fsp3) is 0.600. The van der Waals surface area contributed by atoms with Crippen molar-refractivity contribution in [3.05, 3.63) is 29.6 Å². The summed E-state index contributed by atoms with van der Waals surface area (Å²) in [7, 11) is 0. The Morgan fingerprint density at radius 3 is 2.79 bits per heavy atom. The zero-order valence-corrected chi connectivity index (χ0v) is 11.6. The monoisotopic (exact) mass is 267 g/mol. The summed E-state index contributed by atoms with van der Waals surface area (Å²) in [6, 6.07) is 5.15. The summed E-state index contributed by atoms with van der Waals surface area (Å²) in [4.78, 5) is 0. The molecule has 1 N–H and O–H groups in total. The minimum Gasteiger partial charge on any atom is -0.490 e. The van der Waals surface area contributed by atoms with Crippen LogP contribution < -0.4 is 10.1 Å². The van der Waals surface area contributed by atoms with Crippen molar-refractivity contribution in [1.29, 1.82) is 0 Å². The van der Waals surface area contributed by atoms with Crippen molar-refractivity contribution < 1.29 is 13.9 Å². The third-order valence-electron chi connectivity index (χ3n) is 3.42. The van der Waals surface area contributed by atoms with Crippen LogP contribution in [-0.4, -0.2) is 25.9 Å². The topological polar surface area (TPSA) is 30.5 Å². The van der Waals surface area contributed by atoms with Crippen LogP contribution >= 0.6 is 0 Å². The van der Waals surface area contributed by atoms with E-state index in [1.165, 1.54) is 6.07 Å². The molecule has 1 unspecified atom stereocenters. The maximum absolute atomic E-state index is 14.0. The van der Waals surface area contributed by atoms with Gasteiger partial charge in [0.1, 0.15) is 17.7 Å². The summed E-state index contributed by atoms with van der Waals surface area (Å²) in [6.45, 7) is 6.24. The first-order valence-corrected chi connectivity index (χ1v) is 6.98. The Balaban J connectivity index is 2.01. The van der Waals surface area contributed by atoms with Crippen LogP contribution in [0.5, 0.6) is 5.75 Å². The maximum atomic E-state index is 14.0. The van der Waals surface area contributed by atoms with E-state index in [1.54, 1.807) is 6.07 Å². The second kappa shape index (κ2) is 6.87. The maximum Gasteiger partial charge on any atom is 0.131 e. The number of hydrogen-bond acceptors (Lipinski definition) is 3. The Bertz CT molecular complexity index is 405. The molecule has 19 heavy (non-hydrogen) atoms. The molecule has 1 aliphatic rings. The van der Waals surface area contributed by atoms with Crippen LogP contribution in [0.1, 0.15) is 38.3 Å². The Labute approximate surface area is 114 Å². The van der Waals surface area contributed by atoms with E-state index < -0.39 is 0 Å². The van der Waals surface area contributed by atoms with Crippen LogP contribution in [0, 0.1) is 5.82 Å². The molecule has 0 aromatic heterocycles. The molecule has 0 amide bonds. The first kappa shape index (κ1) is 14.3. The number of rotatable bonds is 5. The van der Waals surface area contributed by atoms with E-state index in [0.717, 1.165) is 32.6 Å². The molecule has 0 radical (unpaired) electrons. The molecule has 0 spiro atoms. The Morgan fingerprint density at radius 2 is 2.16 bits per heavy atom. The van der Waals surface area contributed by atoms with Crippen molar-refractivity contribution in [2.24, 2.45) is 0 Å². The highest BCUT2D eigenvalue weighted by molar-refractivity contribution is 5.30. The molecule has 1 saturated heterocycles. The van der Waals surface area contributed by atoms with Gasteiger partial charge in [-0.05, 0) is 19.5 Å². The number of ether oxygens (including phenoxy) is 2. The third-order valence-corrected chi connectivity index (χ3v) is 3.42. The van der Waals surface area contributed by atoms with Gasteiger partial charge in [-0.2, -0.15) is 0 Å². The van der Waals surface area contributed by atoms with Crippen molar-refractivity contribution in [3.8, 4) is 5.75 Å². The second-order valence-electron chi connectivity index (χ2n) is 4.89. The van der Waals surface area contributed by atoms with E-state index in [1.807, 2.05) is 19.9 Å². The molecule has 0 saturated carbocycles. The highest BCUT2D eigenvalue weighted by Crippen LogP contribution is 2.24. The van der Waals surface area contributed by atoms with E-state index in [-0.39, 0.29) is 18.0 Å². The lowest BCUT2D eigenvalue weighted by Crippen LogP contribution is -2.26. The van der Waals surface area contributed by atoms with E-state index in [0.29, 0.717) is 11.3 Å². The zero-order valence-electron chi connectivity index (χ0n) is 11.6. The number of hydrogen-bond donors (Lipinski definition) is 1. The lowest BCUT2D eigenvalue weighted by atomic mass is 10.1. The molecule has 106 valence electrons. The van der Waals surface area contributed by atoms with Crippen LogP contribution in [0.15, 0.2) is 18.2 Å². The molecule has 1 heterocycles. The molecule has 0 aliphatic carbocycles. The largest absolute Gasteiger partial charge is 0.490 e. The van der Waals surface area contributed by atoms with Crippen molar-refractivity contribution in [3.63, 3.8) is 0 Å². The fourth-order valence-electron chi connectivity index (χ4n) is 2.33. The Morgan fingerprint density at radius 1 is 1.42 bits per heavy atom. The van der Waals surface area contributed by atoms with Crippen LogP contribution in [0.2, 0.25) is 0 Å². The minimum absolute atomic E-state index is 0.0159. The summed E-state index contributed by atoms with van der Waals surface area (Å²) in [5.41, 5.74) is 0.682. The van der Waals surface area contributed by atoms with Crippen molar-refractivity contribution in [1.82, 2.24) is 5.32 Å². The summed E-state index contributed by atoms with van der Waals surface area (Å²) < 4.78 is 25.1. The summed E-state index contributed by atoms with van der Waals surface area (Å²) in [5, 5.41) is 3.21. The standard InChI is InChI=1S/C15H22FNO2/c1-3-17-11(2)14-5-4-13(10-15(14)16)19-12-6-8-18-9-7-12/h4-5,10-12,17H,3,6-9H2,1-2H3. The number of nitrogens with one attached hydrogen (secondary N) is 1. The minimum atomic E-state index is -0.210. The SMILES string of the molecule is CCNC(C)c1ccc(OC2CCOCC2)cc1F. The smallest absolute Gasteiger partial charge is 0.131 e. The molecule has 4 heteroatoms. The van der Waals surface area contributed by atoms with Gasteiger partial charge in [0.05, 0.1) is 13.2 Å². The van der Waals surface area contributed by atoms with Crippen molar-refractivity contribution in [2.45, 2.75) is 38.8 Å². The van der Waals surface area contributed by atoms with Gasteiger partial charge in [-0.25, -0.2) is 4.39 Å². The van der Waals surface area contributed by atoms with E-state index in [2.05, 4.69) is 5.32 Å². The molecule has 1 fully saturated rings. The Hall–Kier alpha value is -1.13. The lowest BCUT2D eigenvalue weighted by molar-refractivity contribution is 0.0254. The van der Waals surface area contributed by atoms with Crippen LogP contribution in [-0.2, 0) is 4.74 Å². The molecular formula is C15H22FNO2. The Kier molecular flexibility index (Phi) is 5.16. The third kappa shape index (κ3) is 3.91. The fourth-order valence-corrected chi connectivity index (χ4v) is 2.33. The predicted octanol–water partition coefficient (Wildman–Crippen LogP) is 3.05. The van der Waals surface area contributed by atoms with Crippen molar-refractivity contribution in [2.75, 3.05) is 19.8 Å². The van der Waals surface area contributed by atoms with E-state index in [9.17, 15) is 4.39 Å². The van der Waals surface area contributed by atoms with Gasteiger partial charge in [-0.1, -0.05) is 13.0 Å². The molecular weight excluding hydrogens is 245 g/mol. The summed E-state index contributed by atoms with van der Waals surface area (Å²) >= 11 is 0.